The number of hydrogen-bond donors (Lipinski definition) is 2. The number of rotatable bonds is 5. The second-order valence-electron chi connectivity index (χ2n) is 4.32. The van der Waals surface area contributed by atoms with Crippen LogP contribution in [0.5, 0.6) is 0 Å². The first-order valence-corrected chi connectivity index (χ1v) is 7.28. The molecule has 0 atom stereocenters. The van der Waals surface area contributed by atoms with E-state index in [0.717, 1.165) is 10.5 Å². The summed E-state index contributed by atoms with van der Waals surface area (Å²) < 4.78 is 4.77. The van der Waals surface area contributed by atoms with Crippen LogP contribution >= 0.6 is 11.8 Å². The van der Waals surface area contributed by atoms with Gasteiger partial charge in [0.1, 0.15) is 0 Å². The molecule has 0 heterocycles. The minimum absolute atomic E-state index is 0.107. The van der Waals surface area contributed by atoms with Crippen molar-refractivity contribution < 1.29 is 19.1 Å². The van der Waals surface area contributed by atoms with Crippen molar-refractivity contribution in [2.75, 3.05) is 19.4 Å². The maximum Gasteiger partial charge on any atom is 0.321 e. The number of ether oxygens (including phenoxy) is 1. The van der Waals surface area contributed by atoms with Gasteiger partial charge in [-0.1, -0.05) is 6.07 Å². The zero-order valence-electron chi connectivity index (χ0n) is 12.2. The van der Waals surface area contributed by atoms with E-state index < -0.39 is 24.5 Å². The summed E-state index contributed by atoms with van der Waals surface area (Å²) in [5.74, 6) is -1.07. The van der Waals surface area contributed by atoms with E-state index >= 15 is 0 Å². The number of nitrogens with one attached hydrogen (secondary N) is 2. The van der Waals surface area contributed by atoms with E-state index in [4.69, 9.17) is 4.74 Å². The molecule has 0 spiro atoms. The molecule has 7 heteroatoms. The van der Waals surface area contributed by atoms with Gasteiger partial charge < -0.3 is 10.1 Å². The predicted octanol–water partition coefficient (Wildman–Crippen LogP) is 1.39. The first-order chi connectivity index (χ1) is 9.92. The normalized spacial score (nSPS) is 9.86. The lowest BCUT2D eigenvalue weighted by atomic mass is 10.1. The van der Waals surface area contributed by atoms with Crippen molar-refractivity contribution in [3.05, 3.63) is 29.3 Å². The van der Waals surface area contributed by atoms with E-state index in [2.05, 4.69) is 5.32 Å². The number of amides is 3. The zero-order chi connectivity index (χ0) is 15.8. The van der Waals surface area contributed by atoms with Crippen molar-refractivity contribution in [2.24, 2.45) is 0 Å². The third-order valence-corrected chi connectivity index (χ3v) is 3.65. The van der Waals surface area contributed by atoms with Gasteiger partial charge in [0.05, 0.1) is 5.75 Å². The van der Waals surface area contributed by atoms with Gasteiger partial charge in [0.15, 0.2) is 6.61 Å². The van der Waals surface area contributed by atoms with Crippen LogP contribution in [0.15, 0.2) is 23.1 Å². The Kier molecular flexibility index (Phi) is 6.74. The molecule has 0 aliphatic heterocycles. The topological polar surface area (TPSA) is 84.5 Å². The zero-order valence-corrected chi connectivity index (χ0v) is 13.0. The van der Waals surface area contributed by atoms with Gasteiger partial charge in [-0.25, -0.2) is 4.79 Å². The molecule has 0 aliphatic carbocycles. The SMILES string of the molecule is CNC(=O)NC(=O)COC(=O)CSc1ccc(C)c(C)c1. The summed E-state index contributed by atoms with van der Waals surface area (Å²) in [5, 5.41) is 4.22. The Morgan fingerprint density at radius 2 is 1.90 bits per heavy atom. The van der Waals surface area contributed by atoms with E-state index in [1.54, 1.807) is 0 Å². The van der Waals surface area contributed by atoms with Crippen molar-refractivity contribution in [3.63, 3.8) is 0 Å². The number of hydrogen-bond acceptors (Lipinski definition) is 5. The molecule has 1 rings (SSSR count). The van der Waals surface area contributed by atoms with Gasteiger partial charge in [0.2, 0.25) is 0 Å². The van der Waals surface area contributed by atoms with Crippen LogP contribution in [-0.4, -0.2) is 37.3 Å². The lowest BCUT2D eigenvalue weighted by Crippen LogP contribution is -2.39. The molecule has 2 N–H and O–H groups in total. The van der Waals surface area contributed by atoms with Crippen LogP contribution in [-0.2, 0) is 14.3 Å². The van der Waals surface area contributed by atoms with Gasteiger partial charge in [0, 0.05) is 11.9 Å². The van der Waals surface area contributed by atoms with Gasteiger partial charge in [0.25, 0.3) is 5.91 Å². The quantitative estimate of drug-likeness (QED) is 0.634. The molecule has 0 unspecified atom stereocenters. The highest BCUT2D eigenvalue weighted by molar-refractivity contribution is 8.00. The molecule has 0 saturated heterocycles. The minimum Gasteiger partial charge on any atom is -0.455 e. The molecule has 0 radical (unpaired) electrons. The summed E-state index contributed by atoms with van der Waals surface area (Å²) in [4.78, 5) is 34.5. The summed E-state index contributed by atoms with van der Waals surface area (Å²) in [6, 6.07) is 5.27. The van der Waals surface area contributed by atoms with Crippen LogP contribution in [0.1, 0.15) is 11.1 Å². The Bertz CT molecular complexity index is 546. The Morgan fingerprint density at radius 3 is 2.52 bits per heavy atom. The van der Waals surface area contributed by atoms with Crippen LogP contribution in [0.4, 0.5) is 4.79 Å². The van der Waals surface area contributed by atoms with Crippen molar-refractivity contribution in [1.29, 1.82) is 0 Å². The third kappa shape index (κ3) is 6.31. The van der Waals surface area contributed by atoms with Gasteiger partial charge in [-0.2, -0.15) is 0 Å². The van der Waals surface area contributed by atoms with Gasteiger partial charge in [-0.3, -0.25) is 14.9 Å². The first kappa shape index (κ1) is 17.0. The maximum atomic E-state index is 11.5. The standard InChI is InChI=1S/C14H18N2O4S/c1-9-4-5-11(6-10(9)2)21-8-13(18)20-7-12(17)16-14(19)15-3/h4-6H,7-8H2,1-3H3,(H2,15,16,17,19). The number of benzene rings is 1. The molecule has 0 bridgehead atoms. The lowest BCUT2D eigenvalue weighted by molar-refractivity contribution is -0.145. The average Bonchev–Trinajstić information content (AvgIpc) is 2.46. The molecule has 114 valence electrons. The second kappa shape index (κ2) is 8.31. The number of esters is 1. The number of thioether (sulfide) groups is 1. The molecular weight excluding hydrogens is 292 g/mol. The average molecular weight is 310 g/mol. The number of urea groups is 1. The van der Waals surface area contributed by atoms with Crippen LogP contribution in [0.3, 0.4) is 0 Å². The van der Waals surface area contributed by atoms with Crippen LogP contribution < -0.4 is 10.6 Å². The highest BCUT2D eigenvalue weighted by atomic mass is 32.2. The molecule has 6 nitrogen and oxygen atoms in total. The number of imide groups is 1. The van der Waals surface area contributed by atoms with Gasteiger partial charge >= 0.3 is 12.0 Å². The monoisotopic (exact) mass is 310 g/mol. The van der Waals surface area contributed by atoms with E-state index in [9.17, 15) is 14.4 Å². The number of carbonyl (C=O) groups is 3. The van der Waals surface area contributed by atoms with Gasteiger partial charge in [-0.15, -0.1) is 11.8 Å². The highest BCUT2D eigenvalue weighted by Crippen LogP contribution is 2.20. The first-order valence-electron chi connectivity index (χ1n) is 6.29. The fourth-order valence-electron chi connectivity index (χ4n) is 1.36. The van der Waals surface area contributed by atoms with Crippen molar-refractivity contribution in [3.8, 4) is 0 Å². The van der Waals surface area contributed by atoms with E-state index in [1.165, 1.54) is 24.4 Å². The fraction of sp³-hybridized carbons (Fsp3) is 0.357. The molecule has 3 amide bonds. The molecule has 0 saturated carbocycles. The molecule has 0 aromatic heterocycles. The van der Waals surface area contributed by atoms with E-state index in [0.29, 0.717) is 0 Å². The highest BCUT2D eigenvalue weighted by Gasteiger charge is 2.10. The van der Waals surface area contributed by atoms with Crippen molar-refractivity contribution >= 4 is 29.7 Å². The largest absolute Gasteiger partial charge is 0.455 e. The molecule has 21 heavy (non-hydrogen) atoms. The van der Waals surface area contributed by atoms with Crippen LogP contribution in [0.2, 0.25) is 0 Å². The summed E-state index contributed by atoms with van der Waals surface area (Å²) in [5.41, 5.74) is 2.34. The maximum absolute atomic E-state index is 11.5. The number of aryl methyl sites for hydroxylation is 2. The van der Waals surface area contributed by atoms with E-state index in [-0.39, 0.29) is 5.75 Å². The molecule has 1 aromatic rings. The summed E-state index contributed by atoms with van der Waals surface area (Å²) in [6.45, 7) is 3.55. The van der Waals surface area contributed by atoms with Crippen molar-refractivity contribution in [1.82, 2.24) is 10.6 Å². The molecular formula is C14H18N2O4S. The summed E-state index contributed by atoms with van der Waals surface area (Å²) in [6.07, 6.45) is 0. The Hall–Kier alpha value is -2.02. The Labute approximate surface area is 127 Å². The third-order valence-electron chi connectivity index (χ3n) is 2.68. The molecule has 1 aromatic carbocycles. The minimum atomic E-state index is -0.668. The van der Waals surface area contributed by atoms with E-state index in [1.807, 2.05) is 37.4 Å². The Morgan fingerprint density at radius 1 is 1.19 bits per heavy atom. The fourth-order valence-corrected chi connectivity index (χ4v) is 2.15. The Balaban J connectivity index is 2.32. The smallest absolute Gasteiger partial charge is 0.321 e. The second-order valence-corrected chi connectivity index (χ2v) is 5.37. The predicted molar refractivity (Wildman–Crippen MR) is 80.2 cm³/mol. The summed E-state index contributed by atoms with van der Waals surface area (Å²) in [7, 11) is 1.38. The van der Waals surface area contributed by atoms with Crippen LogP contribution in [0, 0.1) is 13.8 Å². The number of carbonyl (C=O) groups excluding carboxylic acids is 3. The lowest BCUT2D eigenvalue weighted by Gasteiger charge is -2.06. The summed E-state index contributed by atoms with van der Waals surface area (Å²) >= 11 is 1.34. The van der Waals surface area contributed by atoms with Crippen LogP contribution in [0.25, 0.3) is 0 Å². The molecule has 0 aliphatic rings. The molecule has 0 fully saturated rings. The van der Waals surface area contributed by atoms with Gasteiger partial charge in [-0.05, 0) is 37.1 Å². The van der Waals surface area contributed by atoms with Crippen molar-refractivity contribution in [2.45, 2.75) is 18.7 Å².